The van der Waals surface area contributed by atoms with Crippen LogP contribution in [0, 0.1) is 13.8 Å². The summed E-state index contributed by atoms with van der Waals surface area (Å²) < 4.78 is 13.2. The van der Waals surface area contributed by atoms with Crippen molar-refractivity contribution in [3.05, 3.63) is 47.3 Å². The summed E-state index contributed by atoms with van der Waals surface area (Å²) in [6.07, 6.45) is 0. The minimum atomic E-state index is 0.628. The molecule has 0 aliphatic heterocycles. The molecule has 0 bridgehead atoms. The van der Waals surface area contributed by atoms with Gasteiger partial charge in [0.25, 0.3) is 0 Å². The highest BCUT2D eigenvalue weighted by Gasteiger charge is 2.10. The van der Waals surface area contributed by atoms with E-state index in [0.717, 1.165) is 17.1 Å². The fraction of sp³-hybridized carbons (Fsp3) is 0.375. The Morgan fingerprint density at radius 2 is 1.80 bits per heavy atom. The number of para-hydroxylation sites is 1. The van der Waals surface area contributed by atoms with Gasteiger partial charge in [0, 0.05) is 17.0 Å². The van der Waals surface area contributed by atoms with Gasteiger partial charge in [0.05, 0.1) is 20.3 Å². The van der Waals surface area contributed by atoms with E-state index < -0.39 is 0 Å². The molecule has 4 heteroatoms. The van der Waals surface area contributed by atoms with Crippen LogP contribution in [0.4, 0.5) is 0 Å². The first-order chi connectivity index (χ1) is 9.67. The molecule has 20 heavy (non-hydrogen) atoms. The molecule has 0 saturated carbocycles. The summed E-state index contributed by atoms with van der Waals surface area (Å²) in [4.78, 5) is 0. The van der Waals surface area contributed by atoms with Gasteiger partial charge in [-0.15, -0.1) is 0 Å². The number of hydrogen-bond acceptors (Lipinski definition) is 3. The van der Waals surface area contributed by atoms with E-state index in [2.05, 4.69) is 36.1 Å². The van der Waals surface area contributed by atoms with Gasteiger partial charge in [-0.05, 0) is 39.0 Å². The Labute approximate surface area is 120 Å². The lowest BCUT2D eigenvalue weighted by atomic mass is 10.2. The lowest BCUT2D eigenvalue weighted by molar-refractivity contribution is 0.309. The molecule has 0 aliphatic rings. The zero-order chi connectivity index (χ0) is 14.5. The molecule has 2 rings (SSSR count). The minimum absolute atomic E-state index is 0.628. The summed E-state index contributed by atoms with van der Waals surface area (Å²) in [5.74, 6) is 1.58. The molecule has 0 amide bonds. The molecule has 0 aliphatic carbocycles. The van der Waals surface area contributed by atoms with Gasteiger partial charge in [0.2, 0.25) is 0 Å². The maximum atomic E-state index is 5.59. The molecule has 1 heterocycles. The highest BCUT2D eigenvalue weighted by Crippen LogP contribution is 2.31. The van der Waals surface area contributed by atoms with Gasteiger partial charge in [-0.1, -0.05) is 12.1 Å². The standard InChI is InChI=1S/C16H22N2O2/c1-5-20-15-8-6-7-14(16(15)19-4)11-17-18-12(2)9-10-13(18)3/h6-10,17H,5,11H2,1-4H3. The molecule has 0 atom stereocenters. The second-order valence-electron chi connectivity index (χ2n) is 4.67. The Kier molecular flexibility index (Phi) is 4.56. The van der Waals surface area contributed by atoms with Gasteiger partial charge in [0.1, 0.15) is 0 Å². The average Bonchev–Trinajstić information content (AvgIpc) is 2.76. The summed E-state index contributed by atoms with van der Waals surface area (Å²) >= 11 is 0. The van der Waals surface area contributed by atoms with Crippen LogP contribution >= 0.6 is 0 Å². The van der Waals surface area contributed by atoms with Crippen molar-refractivity contribution in [1.29, 1.82) is 0 Å². The van der Waals surface area contributed by atoms with Gasteiger partial charge < -0.3 is 14.9 Å². The SMILES string of the molecule is CCOc1cccc(CNn2c(C)ccc2C)c1OC. The van der Waals surface area contributed by atoms with Crippen molar-refractivity contribution >= 4 is 0 Å². The number of methoxy groups -OCH3 is 1. The normalized spacial score (nSPS) is 10.4. The smallest absolute Gasteiger partial charge is 0.165 e. The summed E-state index contributed by atoms with van der Waals surface area (Å²) in [5.41, 5.74) is 6.84. The topological polar surface area (TPSA) is 35.4 Å². The lowest BCUT2D eigenvalue weighted by Crippen LogP contribution is -2.17. The Hall–Kier alpha value is -2.10. The average molecular weight is 274 g/mol. The van der Waals surface area contributed by atoms with E-state index in [0.29, 0.717) is 13.2 Å². The van der Waals surface area contributed by atoms with Crippen LogP contribution in [-0.4, -0.2) is 18.4 Å². The van der Waals surface area contributed by atoms with Gasteiger partial charge in [-0.2, -0.15) is 0 Å². The first-order valence-corrected chi connectivity index (χ1v) is 6.84. The van der Waals surface area contributed by atoms with Gasteiger partial charge in [-0.3, -0.25) is 4.68 Å². The number of nitrogens with one attached hydrogen (secondary N) is 1. The fourth-order valence-electron chi connectivity index (χ4n) is 2.28. The first kappa shape index (κ1) is 14.3. The van der Waals surface area contributed by atoms with E-state index >= 15 is 0 Å². The number of aromatic nitrogens is 1. The first-order valence-electron chi connectivity index (χ1n) is 6.84. The molecule has 1 aromatic carbocycles. The highest BCUT2D eigenvalue weighted by molar-refractivity contribution is 5.47. The monoisotopic (exact) mass is 274 g/mol. The molecule has 0 fully saturated rings. The summed E-state index contributed by atoms with van der Waals surface area (Å²) in [5, 5.41) is 0. The Morgan fingerprint density at radius 1 is 1.10 bits per heavy atom. The molecule has 0 radical (unpaired) electrons. The molecule has 4 nitrogen and oxygen atoms in total. The fourth-order valence-corrected chi connectivity index (χ4v) is 2.28. The van der Waals surface area contributed by atoms with Crippen LogP contribution in [0.15, 0.2) is 30.3 Å². The van der Waals surface area contributed by atoms with Crippen LogP contribution in [-0.2, 0) is 6.54 Å². The van der Waals surface area contributed by atoms with Crippen LogP contribution in [0.25, 0.3) is 0 Å². The van der Waals surface area contributed by atoms with E-state index in [1.807, 2.05) is 25.1 Å². The molecular weight excluding hydrogens is 252 g/mol. The van der Waals surface area contributed by atoms with Crippen LogP contribution < -0.4 is 14.9 Å². The third kappa shape index (κ3) is 2.90. The summed E-state index contributed by atoms with van der Waals surface area (Å²) in [7, 11) is 1.67. The number of ether oxygens (including phenoxy) is 2. The van der Waals surface area contributed by atoms with Crippen molar-refractivity contribution in [3.63, 3.8) is 0 Å². The van der Waals surface area contributed by atoms with Crippen molar-refractivity contribution in [3.8, 4) is 11.5 Å². The van der Waals surface area contributed by atoms with Gasteiger partial charge in [-0.25, -0.2) is 0 Å². The maximum absolute atomic E-state index is 5.59. The second-order valence-corrected chi connectivity index (χ2v) is 4.67. The van der Waals surface area contributed by atoms with Crippen LogP contribution in [0.1, 0.15) is 23.9 Å². The molecule has 0 spiro atoms. The van der Waals surface area contributed by atoms with Crippen LogP contribution in [0.3, 0.4) is 0 Å². The minimum Gasteiger partial charge on any atom is -0.493 e. The van der Waals surface area contributed by atoms with Crippen molar-refractivity contribution in [2.24, 2.45) is 0 Å². The molecule has 1 aromatic heterocycles. The van der Waals surface area contributed by atoms with Crippen molar-refractivity contribution in [2.75, 3.05) is 19.1 Å². The number of nitrogens with zero attached hydrogens (tertiary/aromatic N) is 1. The number of rotatable bonds is 6. The van der Waals surface area contributed by atoms with E-state index in [1.165, 1.54) is 11.4 Å². The summed E-state index contributed by atoms with van der Waals surface area (Å²) in [6.45, 7) is 7.43. The van der Waals surface area contributed by atoms with Crippen LogP contribution in [0.2, 0.25) is 0 Å². The predicted molar refractivity (Wildman–Crippen MR) is 81.1 cm³/mol. The largest absolute Gasteiger partial charge is 0.493 e. The Morgan fingerprint density at radius 3 is 2.40 bits per heavy atom. The van der Waals surface area contributed by atoms with Crippen molar-refractivity contribution < 1.29 is 9.47 Å². The molecular formula is C16H22N2O2. The number of aryl methyl sites for hydroxylation is 2. The van der Waals surface area contributed by atoms with E-state index in [1.54, 1.807) is 7.11 Å². The number of benzene rings is 1. The molecule has 0 unspecified atom stereocenters. The van der Waals surface area contributed by atoms with E-state index in [4.69, 9.17) is 9.47 Å². The third-order valence-corrected chi connectivity index (χ3v) is 3.26. The Bertz CT molecular complexity index is 556. The molecule has 1 N–H and O–H groups in total. The van der Waals surface area contributed by atoms with Crippen LogP contribution in [0.5, 0.6) is 11.5 Å². The van der Waals surface area contributed by atoms with Gasteiger partial charge >= 0.3 is 0 Å². The van der Waals surface area contributed by atoms with Crippen molar-refractivity contribution in [2.45, 2.75) is 27.3 Å². The lowest BCUT2D eigenvalue weighted by Gasteiger charge is -2.16. The Balaban J connectivity index is 2.19. The molecule has 2 aromatic rings. The molecule has 108 valence electrons. The zero-order valence-corrected chi connectivity index (χ0v) is 12.6. The van der Waals surface area contributed by atoms with Gasteiger partial charge in [0.15, 0.2) is 11.5 Å². The van der Waals surface area contributed by atoms with E-state index in [9.17, 15) is 0 Å². The zero-order valence-electron chi connectivity index (χ0n) is 12.6. The third-order valence-electron chi connectivity index (χ3n) is 3.26. The summed E-state index contributed by atoms with van der Waals surface area (Å²) in [6, 6.07) is 10.1. The predicted octanol–water partition coefficient (Wildman–Crippen LogP) is 3.26. The van der Waals surface area contributed by atoms with Crippen molar-refractivity contribution in [1.82, 2.24) is 4.68 Å². The molecule has 0 saturated heterocycles. The maximum Gasteiger partial charge on any atom is 0.165 e. The number of hydrogen-bond donors (Lipinski definition) is 1. The highest BCUT2D eigenvalue weighted by atomic mass is 16.5. The quantitative estimate of drug-likeness (QED) is 0.878. The second kappa shape index (κ2) is 6.37. The van der Waals surface area contributed by atoms with E-state index in [-0.39, 0.29) is 0 Å².